The van der Waals surface area contributed by atoms with Gasteiger partial charge in [0, 0.05) is 11.4 Å². The fourth-order valence-corrected chi connectivity index (χ4v) is 2.13. The summed E-state index contributed by atoms with van der Waals surface area (Å²) >= 11 is 0. The Hall–Kier alpha value is -2.36. The Kier molecular flexibility index (Phi) is 3.98. The van der Waals surface area contributed by atoms with Crippen LogP contribution < -0.4 is 11.1 Å². The number of hydrogen-bond acceptors (Lipinski definition) is 3. The second-order valence-corrected chi connectivity index (χ2v) is 5.79. The van der Waals surface area contributed by atoms with E-state index in [-0.39, 0.29) is 5.91 Å². The van der Waals surface area contributed by atoms with E-state index in [9.17, 15) is 4.79 Å². The SMILES string of the molecule is Cc1ccc(NC(=O)C(C)(C)c2ccc(N)cc2)c(C)n1. The molecule has 3 N–H and O–H groups in total. The van der Waals surface area contributed by atoms with Crippen LogP contribution in [-0.4, -0.2) is 10.9 Å². The van der Waals surface area contributed by atoms with E-state index in [0.29, 0.717) is 5.69 Å². The van der Waals surface area contributed by atoms with Gasteiger partial charge in [0.2, 0.25) is 5.91 Å². The van der Waals surface area contributed by atoms with Gasteiger partial charge in [-0.25, -0.2) is 0 Å². The van der Waals surface area contributed by atoms with Crippen molar-refractivity contribution in [3.63, 3.8) is 0 Å². The summed E-state index contributed by atoms with van der Waals surface area (Å²) in [5.74, 6) is -0.0685. The number of nitrogens with two attached hydrogens (primary N) is 1. The summed E-state index contributed by atoms with van der Waals surface area (Å²) in [5.41, 5.74) is 9.15. The Morgan fingerprint density at radius 2 is 1.71 bits per heavy atom. The number of amides is 1. The third-order valence-electron chi connectivity index (χ3n) is 3.67. The molecule has 0 atom stereocenters. The molecule has 1 aromatic carbocycles. The molecular formula is C17H21N3O. The van der Waals surface area contributed by atoms with Gasteiger partial charge in [0.05, 0.1) is 16.8 Å². The maximum atomic E-state index is 12.6. The van der Waals surface area contributed by atoms with Crippen molar-refractivity contribution in [3.05, 3.63) is 53.3 Å². The van der Waals surface area contributed by atoms with Crippen molar-refractivity contribution in [3.8, 4) is 0 Å². The summed E-state index contributed by atoms with van der Waals surface area (Å²) in [4.78, 5) is 16.9. The molecule has 0 unspecified atom stereocenters. The van der Waals surface area contributed by atoms with Crippen LogP contribution in [0.25, 0.3) is 0 Å². The van der Waals surface area contributed by atoms with E-state index in [2.05, 4.69) is 10.3 Å². The van der Waals surface area contributed by atoms with Crippen LogP contribution in [-0.2, 0) is 10.2 Å². The maximum absolute atomic E-state index is 12.6. The molecule has 1 aromatic heterocycles. The van der Waals surface area contributed by atoms with Crippen LogP contribution in [0, 0.1) is 13.8 Å². The number of nitrogen functional groups attached to an aromatic ring is 1. The van der Waals surface area contributed by atoms with Crippen molar-refractivity contribution in [2.24, 2.45) is 0 Å². The lowest BCUT2D eigenvalue weighted by molar-refractivity contribution is -0.120. The molecule has 21 heavy (non-hydrogen) atoms. The number of aryl methyl sites for hydroxylation is 2. The molecule has 1 heterocycles. The number of rotatable bonds is 3. The van der Waals surface area contributed by atoms with Crippen molar-refractivity contribution in [2.45, 2.75) is 33.1 Å². The zero-order valence-corrected chi connectivity index (χ0v) is 12.9. The van der Waals surface area contributed by atoms with Crippen molar-refractivity contribution < 1.29 is 4.79 Å². The lowest BCUT2D eigenvalue weighted by Gasteiger charge is -2.24. The van der Waals surface area contributed by atoms with Gasteiger partial charge in [-0.1, -0.05) is 12.1 Å². The van der Waals surface area contributed by atoms with Crippen LogP contribution in [0.1, 0.15) is 30.8 Å². The van der Waals surface area contributed by atoms with Gasteiger partial charge in [0.15, 0.2) is 0 Å². The smallest absolute Gasteiger partial charge is 0.234 e. The lowest BCUT2D eigenvalue weighted by atomic mass is 9.83. The normalized spacial score (nSPS) is 11.2. The summed E-state index contributed by atoms with van der Waals surface area (Å²) in [5, 5.41) is 2.96. The van der Waals surface area contributed by atoms with Crippen molar-refractivity contribution in [1.82, 2.24) is 4.98 Å². The molecule has 0 radical (unpaired) electrons. The van der Waals surface area contributed by atoms with E-state index in [4.69, 9.17) is 5.73 Å². The minimum Gasteiger partial charge on any atom is -0.399 e. The monoisotopic (exact) mass is 283 g/mol. The molecular weight excluding hydrogens is 262 g/mol. The third kappa shape index (κ3) is 3.21. The van der Waals surface area contributed by atoms with Crippen LogP contribution in [0.4, 0.5) is 11.4 Å². The first kappa shape index (κ1) is 15.0. The third-order valence-corrected chi connectivity index (χ3v) is 3.67. The largest absolute Gasteiger partial charge is 0.399 e. The molecule has 0 aliphatic carbocycles. The van der Waals surface area contributed by atoms with Crippen LogP contribution in [0.5, 0.6) is 0 Å². The molecule has 0 saturated heterocycles. The van der Waals surface area contributed by atoms with E-state index in [0.717, 1.165) is 22.6 Å². The van der Waals surface area contributed by atoms with E-state index in [1.165, 1.54) is 0 Å². The highest BCUT2D eigenvalue weighted by Crippen LogP contribution is 2.26. The van der Waals surface area contributed by atoms with Crippen LogP contribution in [0.15, 0.2) is 36.4 Å². The molecule has 2 rings (SSSR count). The van der Waals surface area contributed by atoms with Gasteiger partial charge in [0.25, 0.3) is 0 Å². The molecule has 1 amide bonds. The Bertz CT molecular complexity index is 660. The number of nitrogens with zero attached hydrogens (tertiary/aromatic N) is 1. The van der Waals surface area contributed by atoms with Crippen LogP contribution in [0.2, 0.25) is 0 Å². The molecule has 4 nitrogen and oxygen atoms in total. The number of benzene rings is 1. The number of aromatic nitrogens is 1. The Morgan fingerprint density at radius 3 is 2.29 bits per heavy atom. The Labute approximate surface area is 125 Å². The summed E-state index contributed by atoms with van der Waals surface area (Å²) < 4.78 is 0. The summed E-state index contributed by atoms with van der Waals surface area (Å²) in [6, 6.07) is 11.2. The number of pyridine rings is 1. The van der Waals surface area contributed by atoms with Crippen molar-refractivity contribution in [2.75, 3.05) is 11.1 Å². The number of carbonyl (C=O) groups is 1. The summed E-state index contributed by atoms with van der Waals surface area (Å²) in [6.07, 6.45) is 0. The molecule has 0 aliphatic heterocycles. The fraction of sp³-hybridized carbons (Fsp3) is 0.294. The highest BCUT2D eigenvalue weighted by Gasteiger charge is 2.30. The Balaban J connectivity index is 2.24. The van der Waals surface area contributed by atoms with Crippen LogP contribution in [0.3, 0.4) is 0 Å². The molecule has 110 valence electrons. The zero-order chi connectivity index (χ0) is 15.6. The molecule has 0 saturated carbocycles. The van der Waals surface area contributed by atoms with Gasteiger partial charge in [-0.15, -0.1) is 0 Å². The Morgan fingerprint density at radius 1 is 1.10 bits per heavy atom. The highest BCUT2D eigenvalue weighted by molar-refractivity contribution is 5.98. The number of carbonyl (C=O) groups excluding carboxylic acids is 1. The number of anilines is 2. The van der Waals surface area contributed by atoms with Gasteiger partial charge >= 0.3 is 0 Å². The molecule has 2 aromatic rings. The van der Waals surface area contributed by atoms with E-state index in [1.54, 1.807) is 0 Å². The lowest BCUT2D eigenvalue weighted by Crippen LogP contribution is -2.35. The fourth-order valence-electron chi connectivity index (χ4n) is 2.13. The first-order valence-corrected chi connectivity index (χ1v) is 6.92. The van der Waals surface area contributed by atoms with E-state index >= 15 is 0 Å². The summed E-state index contributed by atoms with van der Waals surface area (Å²) in [7, 11) is 0. The minimum absolute atomic E-state index is 0.0685. The topological polar surface area (TPSA) is 68.0 Å². The van der Waals surface area contributed by atoms with Gasteiger partial charge in [0.1, 0.15) is 0 Å². The first-order chi connectivity index (χ1) is 9.80. The van der Waals surface area contributed by atoms with Gasteiger partial charge in [-0.2, -0.15) is 0 Å². The first-order valence-electron chi connectivity index (χ1n) is 6.92. The molecule has 0 bridgehead atoms. The molecule has 0 aliphatic rings. The average molecular weight is 283 g/mol. The minimum atomic E-state index is -0.648. The number of hydrogen-bond donors (Lipinski definition) is 2. The molecule has 0 fully saturated rings. The predicted molar refractivity (Wildman–Crippen MR) is 86.2 cm³/mol. The van der Waals surface area contributed by atoms with Gasteiger partial charge < -0.3 is 11.1 Å². The number of nitrogens with one attached hydrogen (secondary N) is 1. The van der Waals surface area contributed by atoms with Crippen molar-refractivity contribution in [1.29, 1.82) is 0 Å². The second-order valence-electron chi connectivity index (χ2n) is 5.79. The van der Waals surface area contributed by atoms with E-state index in [1.807, 2.05) is 64.1 Å². The maximum Gasteiger partial charge on any atom is 0.234 e. The average Bonchev–Trinajstić information content (AvgIpc) is 2.42. The molecule has 0 spiro atoms. The summed E-state index contributed by atoms with van der Waals surface area (Å²) in [6.45, 7) is 7.60. The second kappa shape index (κ2) is 5.56. The zero-order valence-electron chi connectivity index (χ0n) is 12.9. The molecule has 4 heteroatoms. The van der Waals surface area contributed by atoms with Gasteiger partial charge in [-0.05, 0) is 57.5 Å². The van der Waals surface area contributed by atoms with Crippen LogP contribution >= 0.6 is 0 Å². The standard InChI is InChI=1S/C17H21N3O/c1-11-5-10-15(12(2)19-11)20-16(21)17(3,4)13-6-8-14(18)9-7-13/h5-10H,18H2,1-4H3,(H,20,21). The van der Waals surface area contributed by atoms with Gasteiger partial charge in [-0.3, -0.25) is 9.78 Å². The quantitative estimate of drug-likeness (QED) is 0.850. The van der Waals surface area contributed by atoms with E-state index < -0.39 is 5.41 Å². The van der Waals surface area contributed by atoms with Crippen molar-refractivity contribution >= 4 is 17.3 Å². The highest BCUT2D eigenvalue weighted by atomic mass is 16.2. The predicted octanol–water partition coefficient (Wildman–Crippen LogP) is 3.20.